The molecule has 26 heavy (non-hydrogen) atoms. The number of nitrogens with zero attached hydrogens (tertiary/aromatic N) is 1. The van der Waals surface area contributed by atoms with Crippen LogP contribution in [0.15, 0.2) is 24.3 Å². The number of ether oxygens (including phenoxy) is 1. The van der Waals surface area contributed by atoms with Crippen LogP contribution in [0.1, 0.15) is 30.6 Å². The second-order valence-electron chi connectivity index (χ2n) is 6.07. The topological polar surface area (TPSA) is 110 Å². The second kappa shape index (κ2) is 8.31. The minimum atomic E-state index is -3.10. The third-order valence-electron chi connectivity index (χ3n) is 4.08. The minimum Gasteiger partial charge on any atom is -0.452 e. The lowest BCUT2D eigenvalue weighted by atomic mass is 10.2. The third-order valence-corrected chi connectivity index (χ3v) is 5.83. The van der Waals surface area contributed by atoms with Gasteiger partial charge in [0.2, 0.25) is 5.91 Å². The molecular weight excluding hydrogens is 360 g/mol. The fraction of sp³-hybridized carbons (Fsp3) is 0.471. The van der Waals surface area contributed by atoms with Crippen LogP contribution in [0.2, 0.25) is 0 Å². The Balaban J connectivity index is 1.91. The minimum absolute atomic E-state index is 0.0505. The first-order chi connectivity index (χ1) is 12.2. The summed E-state index contributed by atoms with van der Waals surface area (Å²) in [7, 11) is -3.10. The van der Waals surface area contributed by atoms with E-state index in [0.717, 1.165) is 0 Å². The molecule has 0 unspecified atom stereocenters. The van der Waals surface area contributed by atoms with Crippen LogP contribution < -0.4 is 5.32 Å². The van der Waals surface area contributed by atoms with Crippen molar-refractivity contribution in [3.05, 3.63) is 29.8 Å². The van der Waals surface area contributed by atoms with E-state index in [1.54, 1.807) is 19.1 Å². The molecule has 8 nitrogen and oxygen atoms in total. The predicted octanol–water partition coefficient (Wildman–Crippen LogP) is 0.837. The highest BCUT2D eigenvalue weighted by molar-refractivity contribution is 7.91. The van der Waals surface area contributed by atoms with Gasteiger partial charge in [0.15, 0.2) is 16.4 Å². The van der Waals surface area contributed by atoms with Gasteiger partial charge in [-0.05, 0) is 37.6 Å². The highest BCUT2D eigenvalue weighted by atomic mass is 32.2. The normalized spacial score (nSPS) is 18.2. The van der Waals surface area contributed by atoms with Gasteiger partial charge in [-0.1, -0.05) is 0 Å². The summed E-state index contributed by atoms with van der Waals surface area (Å²) in [5.41, 5.74) is 0.795. The van der Waals surface area contributed by atoms with Crippen LogP contribution in [0.25, 0.3) is 0 Å². The van der Waals surface area contributed by atoms with Gasteiger partial charge in [0.25, 0.3) is 5.91 Å². The summed E-state index contributed by atoms with van der Waals surface area (Å²) in [6.45, 7) is 3.03. The molecule has 142 valence electrons. The summed E-state index contributed by atoms with van der Waals surface area (Å²) in [5, 5.41) is 2.58. The standard InChI is InChI=1S/C17H22N2O6S/c1-3-19(15-8-9-26(23,24)11-15)16(21)10-25-17(22)13-4-6-14(7-5-13)18-12(2)20/h4-7,15H,3,8-11H2,1-2H3,(H,18,20)/t15-/m1/s1. The summed E-state index contributed by atoms with van der Waals surface area (Å²) >= 11 is 0. The SMILES string of the molecule is CCN(C(=O)COC(=O)c1ccc(NC(C)=O)cc1)[C@@H]1CCS(=O)(=O)C1. The Morgan fingerprint density at radius 2 is 1.88 bits per heavy atom. The van der Waals surface area contributed by atoms with E-state index in [2.05, 4.69) is 5.32 Å². The smallest absolute Gasteiger partial charge is 0.338 e. The van der Waals surface area contributed by atoms with E-state index >= 15 is 0 Å². The lowest BCUT2D eigenvalue weighted by Gasteiger charge is -2.26. The molecule has 0 spiro atoms. The molecule has 1 aromatic carbocycles. The molecule has 2 rings (SSSR count). The maximum Gasteiger partial charge on any atom is 0.338 e. The van der Waals surface area contributed by atoms with Crippen molar-refractivity contribution in [1.29, 1.82) is 0 Å². The summed E-state index contributed by atoms with van der Waals surface area (Å²) in [6, 6.07) is 5.72. The molecular formula is C17H22N2O6S. The van der Waals surface area contributed by atoms with E-state index in [9.17, 15) is 22.8 Å². The van der Waals surface area contributed by atoms with Crippen molar-refractivity contribution in [3.63, 3.8) is 0 Å². The number of nitrogens with one attached hydrogen (secondary N) is 1. The number of hydrogen-bond acceptors (Lipinski definition) is 6. The number of carbonyl (C=O) groups excluding carboxylic acids is 3. The van der Waals surface area contributed by atoms with Crippen LogP contribution >= 0.6 is 0 Å². The zero-order valence-electron chi connectivity index (χ0n) is 14.7. The highest BCUT2D eigenvalue weighted by Gasteiger charge is 2.34. The van der Waals surface area contributed by atoms with Crippen molar-refractivity contribution in [2.45, 2.75) is 26.3 Å². The molecule has 1 N–H and O–H groups in total. The molecule has 1 atom stereocenters. The molecule has 9 heteroatoms. The molecule has 1 aliphatic rings. The zero-order chi connectivity index (χ0) is 19.3. The first-order valence-corrected chi connectivity index (χ1v) is 10.1. The van der Waals surface area contributed by atoms with E-state index in [0.29, 0.717) is 18.7 Å². The quantitative estimate of drug-likeness (QED) is 0.730. The summed E-state index contributed by atoms with van der Waals surface area (Å²) in [6.07, 6.45) is 0.403. The number of hydrogen-bond donors (Lipinski definition) is 1. The average Bonchev–Trinajstić information content (AvgIpc) is 2.93. The van der Waals surface area contributed by atoms with E-state index in [-0.39, 0.29) is 29.0 Å². The number of esters is 1. The number of rotatable bonds is 6. The first kappa shape index (κ1) is 19.9. The van der Waals surface area contributed by atoms with Gasteiger partial charge in [-0.2, -0.15) is 0 Å². The van der Waals surface area contributed by atoms with Crippen molar-refractivity contribution < 1.29 is 27.5 Å². The van der Waals surface area contributed by atoms with Crippen LogP contribution in [-0.2, 0) is 24.2 Å². The maximum absolute atomic E-state index is 12.3. The van der Waals surface area contributed by atoms with Gasteiger partial charge in [-0.15, -0.1) is 0 Å². The van der Waals surface area contributed by atoms with E-state index in [4.69, 9.17) is 4.74 Å². The van der Waals surface area contributed by atoms with Gasteiger partial charge >= 0.3 is 5.97 Å². The van der Waals surface area contributed by atoms with Gasteiger partial charge in [-0.25, -0.2) is 13.2 Å². The summed E-state index contributed by atoms with van der Waals surface area (Å²) in [4.78, 5) is 36.7. The molecule has 0 aromatic heterocycles. The van der Waals surface area contributed by atoms with Crippen LogP contribution in [-0.4, -0.2) is 61.8 Å². The number of carbonyl (C=O) groups is 3. The lowest BCUT2D eigenvalue weighted by Crippen LogP contribution is -2.43. The molecule has 1 aromatic rings. The first-order valence-electron chi connectivity index (χ1n) is 8.26. The van der Waals surface area contributed by atoms with Crippen molar-refractivity contribution in [2.75, 3.05) is 30.0 Å². The summed E-state index contributed by atoms with van der Waals surface area (Å²) < 4.78 is 28.2. The van der Waals surface area contributed by atoms with Crippen LogP contribution in [0.5, 0.6) is 0 Å². The molecule has 0 radical (unpaired) electrons. The van der Waals surface area contributed by atoms with Crippen molar-refractivity contribution in [2.24, 2.45) is 0 Å². The van der Waals surface area contributed by atoms with E-state index in [1.165, 1.54) is 24.0 Å². The number of benzene rings is 1. The van der Waals surface area contributed by atoms with Crippen molar-refractivity contribution >= 4 is 33.3 Å². The van der Waals surface area contributed by atoms with E-state index in [1.807, 2.05) is 0 Å². The summed E-state index contributed by atoms with van der Waals surface area (Å²) in [5.74, 6) is -1.28. The number of anilines is 1. The van der Waals surface area contributed by atoms with Crippen molar-refractivity contribution in [3.8, 4) is 0 Å². The highest BCUT2D eigenvalue weighted by Crippen LogP contribution is 2.18. The van der Waals surface area contributed by atoms with Crippen LogP contribution in [0.3, 0.4) is 0 Å². The predicted molar refractivity (Wildman–Crippen MR) is 95.5 cm³/mol. The fourth-order valence-electron chi connectivity index (χ4n) is 2.85. The van der Waals surface area contributed by atoms with Gasteiger partial charge < -0.3 is 15.0 Å². The molecule has 1 aliphatic heterocycles. The Kier molecular flexibility index (Phi) is 6.36. The molecule has 0 aliphatic carbocycles. The van der Waals surface area contributed by atoms with Crippen LogP contribution in [0.4, 0.5) is 5.69 Å². The molecule has 1 heterocycles. The molecule has 1 fully saturated rings. The Bertz CT molecular complexity index is 788. The number of likely N-dealkylation sites (N-methyl/N-ethyl adjacent to an activating group) is 1. The molecule has 0 saturated carbocycles. The Hall–Kier alpha value is -2.42. The van der Waals surface area contributed by atoms with Gasteiger partial charge in [0, 0.05) is 25.2 Å². The lowest BCUT2D eigenvalue weighted by molar-refractivity contribution is -0.136. The van der Waals surface area contributed by atoms with E-state index < -0.39 is 28.3 Å². The molecule has 1 saturated heterocycles. The fourth-order valence-corrected chi connectivity index (χ4v) is 4.58. The Morgan fingerprint density at radius 3 is 2.38 bits per heavy atom. The van der Waals surface area contributed by atoms with Crippen LogP contribution in [0, 0.1) is 0 Å². The number of amides is 2. The third kappa shape index (κ3) is 5.29. The van der Waals surface area contributed by atoms with Gasteiger partial charge in [0.1, 0.15) is 0 Å². The van der Waals surface area contributed by atoms with Gasteiger partial charge in [0.05, 0.1) is 17.1 Å². The molecule has 0 bridgehead atoms. The molecule has 2 amide bonds. The maximum atomic E-state index is 12.3. The number of sulfone groups is 1. The largest absolute Gasteiger partial charge is 0.452 e. The van der Waals surface area contributed by atoms with Gasteiger partial charge in [-0.3, -0.25) is 9.59 Å². The Labute approximate surface area is 152 Å². The zero-order valence-corrected chi connectivity index (χ0v) is 15.5. The monoisotopic (exact) mass is 382 g/mol. The van der Waals surface area contributed by atoms with Crippen molar-refractivity contribution in [1.82, 2.24) is 4.90 Å². The Morgan fingerprint density at radius 1 is 1.23 bits per heavy atom. The second-order valence-corrected chi connectivity index (χ2v) is 8.30. The average molecular weight is 382 g/mol.